The summed E-state index contributed by atoms with van der Waals surface area (Å²) in [5, 5.41) is 9.28. The molecule has 0 unspecified atom stereocenters. The van der Waals surface area contributed by atoms with Gasteiger partial charge in [-0.25, -0.2) is 0 Å². The lowest BCUT2D eigenvalue weighted by Gasteiger charge is -2.31. The molecule has 5 heteroatoms. The first-order valence-electron chi connectivity index (χ1n) is 39.0. The van der Waals surface area contributed by atoms with Crippen LogP contribution < -0.4 is 24.5 Å². The van der Waals surface area contributed by atoms with Gasteiger partial charge in [0.25, 0.3) is 0 Å². The molecule has 546 valence electrons. The Kier molecular flexibility index (Phi) is 19.8. The minimum atomic E-state index is 1.00. The highest BCUT2D eigenvalue weighted by Crippen LogP contribution is 2.48. The van der Waals surface area contributed by atoms with Gasteiger partial charge in [-0.05, 0) is 229 Å². The molecular weight excluding hydrogens is 1390 g/mol. The summed E-state index contributed by atoms with van der Waals surface area (Å²) in [5.74, 6) is 0. The third-order valence-corrected chi connectivity index (χ3v) is 21.8. The number of fused-ring (bicyclic) bond motifs is 4. The van der Waals surface area contributed by atoms with Gasteiger partial charge in [0.1, 0.15) is 0 Å². The molecule has 0 amide bonds. The second kappa shape index (κ2) is 32.0. The zero-order valence-corrected chi connectivity index (χ0v) is 63.7. The van der Waals surface area contributed by atoms with Crippen molar-refractivity contribution in [1.82, 2.24) is 0 Å². The molecule has 18 aromatic carbocycles. The van der Waals surface area contributed by atoms with Crippen LogP contribution in [-0.4, -0.2) is 0 Å². The summed E-state index contributed by atoms with van der Waals surface area (Å²) in [5.41, 5.74) is 26.5. The molecule has 18 rings (SSSR count). The van der Waals surface area contributed by atoms with E-state index in [4.69, 9.17) is 0 Å². The molecule has 0 radical (unpaired) electrons. The standard InChI is InChI=1S/C110H81N5/c1-5-78-26-15-39-96(72-78)112(107-50-21-35-87-31-9-12-45-103(87)107)93-68-60-85(61-69-93)83-56-64-91(65-57-83)111(92-66-58-84(59-67-92)86-62-70-94(71-63-86)113(97-40-16-27-79(6-2)73-97)108-51-22-36-88-32-10-13-46-104(88)108)95-38-19-30-82(76-95)54-55-90-34-20-49-106-102(90)48-25-53-110(106)115(99-42-18-29-81(8-4)75-99)101-44-24-43-100(77-101)114(98-41-17-28-80(7-3)74-98)109-52-23-37-89-33-11-14-47-105(89)109/h5-77H,1-4H2. The van der Waals surface area contributed by atoms with E-state index in [1.165, 1.54) is 26.9 Å². The third kappa shape index (κ3) is 14.5. The molecular formula is C110H81N5. The van der Waals surface area contributed by atoms with Crippen molar-refractivity contribution in [3.63, 3.8) is 0 Å². The maximum absolute atomic E-state index is 4.21. The van der Waals surface area contributed by atoms with Crippen LogP contribution in [0, 0.1) is 0 Å². The average molecular weight is 1470 g/mol. The fourth-order valence-corrected chi connectivity index (χ4v) is 16.1. The first kappa shape index (κ1) is 71.3. The van der Waals surface area contributed by atoms with E-state index in [-0.39, 0.29) is 0 Å². The van der Waals surface area contributed by atoms with Crippen LogP contribution >= 0.6 is 0 Å². The molecule has 5 nitrogen and oxygen atoms in total. The van der Waals surface area contributed by atoms with E-state index in [1.807, 2.05) is 24.3 Å². The predicted molar refractivity (Wildman–Crippen MR) is 496 cm³/mol. The Balaban J connectivity index is 0.698. The second-order valence-corrected chi connectivity index (χ2v) is 28.7. The van der Waals surface area contributed by atoms with Crippen LogP contribution in [0.3, 0.4) is 0 Å². The largest absolute Gasteiger partial charge is 0.310 e. The van der Waals surface area contributed by atoms with Crippen LogP contribution in [0.1, 0.15) is 33.4 Å². The second-order valence-electron chi connectivity index (χ2n) is 28.7. The van der Waals surface area contributed by atoms with Gasteiger partial charge in [-0.2, -0.15) is 0 Å². The molecule has 0 spiro atoms. The Labute approximate surface area is 673 Å². The maximum Gasteiger partial charge on any atom is 0.0540 e. The van der Waals surface area contributed by atoms with Crippen LogP contribution in [0.4, 0.5) is 85.3 Å². The first-order chi connectivity index (χ1) is 56.8. The molecule has 0 N–H and O–H groups in total. The number of nitrogens with zero attached hydrogens (tertiary/aromatic N) is 5. The number of rotatable bonds is 23. The van der Waals surface area contributed by atoms with E-state index < -0.39 is 0 Å². The molecule has 0 fully saturated rings. The van der Waals surface area contributed by atoms with E-state index in [1.54, 1.807) is 0 Å². The molecule has 115 heavy (non-hydrogen) atoms. The Bertz CT molecular complexity index is 6470. The summed E-state index contributed by atoms with van der Waals surface area (Å²) in [6.45, 7) is 16.6. The summed E-state index contributed by atoms with van der Waals surface area (Å²) >= 11 is 0. The Morgan fingerprint density at radius 2 is 0.409 bits per heavy atom. The quantitative estimate of drug-likeness (QED) is 0.0592. The monoisotopic (exact) mass is 1470 g/mol. The zero-order valence-electron chi connectivity index (χ0n) is 63.7. The molecule has 0 heterocycles. The van der Waals surface area contributed by atoms with Crippen molar-refractivity contribution in [1.29, 1.82) is 0 Å². The number of anilines is 15. The molecule has 0 saturated carbocycles. The highest BCUT2D eigenvalue weighted by Gasteiger charge is 2.24. The minimum absolute atomic E-state index is 1.00. The fraction of sp³-hybridized carbons (Fsp3) is 0. The van der Waals surface area contributed by atoms with Gasteiger partial charge in [0, 0.05) is 84.1 Å². The predicted octanol–water partition coefficient (Wildman–Crippen LogP) is 31.7. The number of benzene rings is 18. The Hall–Kier alpha value is -15.3. The summed E-state index contributed by atoms with van der Waals surface area (Å²) < 4.78 is 0. The lowest BCUT2D eigenvalue weighted by molar-refractivity contribution is 1.26. The molecule has 0 aliphatic carbocycles. The summed E-state index contributed by atoms with van der Waals surface area (Å²) in [6, 6.07) is 147. The van der Waals surface area contributed by atoms with Crippen molar-refractivity contribution >= 4 is 165 Å². The normalized spacial score (nSPS) is 11.2. The highest BCUT2D eigenvalue weighted by molar-refractivity contribution is 6.06. The van der Waals surface area contributed by atoms with Gasteiger partial charge >= 0.3 is 0 Å². The van der Waals surface area contributed by atoms with Crippen LogP contribution in [0.25, 0.3) is 102 Å². The van der Waals surface area contributed by atoms with E-state index >= 15 is 0 Å². The van der Waals surface area contributed by atoms with Crippen LogP contribution in [-0.2, 0) is 0 Å². The average Bonchev–Trinajstić information content (AvgIpc) is 0.791. The SMILES string of the molecule is C=Cc1cccc(N(c2ccc(-c3ccc(N(c4ccc(-c5ccc(N(c6cccc(C=C)c6)c6cccc7ccccc67)cc5)cc4)c4cccc(C=Cc5cccc6c(N(c7cccc(C=C)c7)c7cccc(N(c8cccc(C=C)c8)c8cccc9ccccc89)c7)cccc56)c4)cc3)cc2)c2cccc3ccccc23)c1. The van der Waals surface area contributed by atoms with Gasteiger partial charge in [0.05, 0.1) is 22.7 Å². The molecule has 0 aromatic heterocycles. The van der Waals surface area contributed by atoms with Crippen molar-refractivity contribution in [2.75, 3.05) is 24.5 Å². The molecule has 0 saturated heterocycles. The smallest absolute Gasteiger partial charge is 0.0540 e. The van der Waals surface area contributed by atoms with Gasteiger partial charge < -0.3 is 24.5 Å². The third-order valence-electron chi connectivity index (χ3n) is 21.8. The fourth-order valence-electron chi connectivity index (χ4n) is 16.1. The van der Waals surface area contributed by atoms with Gasteiger partial charge in [-0.15, -0.1) is 0 Å². The lowest BCUT2D eigenvalue weighted by atomic mass is 10.00. The number of hydrogen-bond donors (Lipinski definition) is 0. The summed E-state index contributed by atoms with van der Waals surface area (Å²) in [6.07, 6.45) is 12.1. The molecule has 0 aliphatic heterocycles. The summed E-state index contributed by atoms with van der Waals surface area (Å²) in [4.78, 5) is 11.8. The van der Waals surface area contributed by atoms with Gasteiger partial charge in [-0.1, -0.05) is 318 Å². The summed E-state index contributed by atoms with van der Waals surface area (Å²) in [7, 11) is 0. The number of hydrogen-bond acceptors (Lipinski definition) is 5. The molecule has 0 atom stereocenters. The van der Waals surface area contributed by atoms with Gasteiger partial charge in [0.2, 0.25) is 0 Å². The Morgan fingerprint density at radius 3 is 0.774 bits per heavy atom. The van der Waals surface area contributed by atoms with Crippen LogP contribution in [0.15, 0.2) is 433 Å². The minimum Gasteiger partial charge on any atom is -0.310 e. The van der Waals surface area contributed by atoms with Crippen molar-refractivity contribution in [2.45, 2.75) is 0 Å². The molecule has 0 aliphatic rings. The van der Waals surface area contributed by atoms with Crippen molar-refractivity contribution in [3.8, 4) is 22.3 Å². The van der Waals surface area contributed by atoms with Crippen LogP contribution in [0.2, 0.25) is 0 Å². The Morgan fingerprint density at radius 1 is 0.165 bits per heavy atom. The first-order valence-corrected chi connectivity index (χ1v) is 39.0. The van der Waals surface area contributed by atoms with Gasteiger partial charge in [0.15, 0.2) is 0 Å². The van der Waals surface area contributed by atoms with Gasteiger partial charge in [-0.3, -0.25) is 0 Å². The lowest BCUT2D eigenvalue weighted by Crippen LogP contribution is -2.14. The molecule has 18 aromatic rings. The van der Waals surface area contributed by atoms with Crippen molar-refractivity contribution in [2.24, 2.45) is 0 Å². The highest BCUT2D eigenvalue weighted by atomic mass is 15.2. The molecule has 0 bridgehead atoms. The van der Waals surface area contributed by atoms with Crippen molar-refractivity contribution < 1.29 is 0 Å². The maximum atomic E-state index is 4.21. The van der Waals surface area contributed by atoms with E-state index in [2.05, 4.69) is 469 Å². The van der Waals surface area contributed by atoms with E-state index in [0.717, 1.165) is 157 Å². The zero-order chi connectivity index (χ0) is 77.6. The van der Waals surface area contributed by atoms with Crippen LogP contribution in [0.5, 0.6) is 0 Å². The topological polar surface area (TPSA) is 16.2 Å². The van der Waals surface area contributed by atoms with Crippen molar-refractivity contribution in [3.05, 3.63) is 466 Å². The van der Waals surface area contributed by atoms with E-state index in [9.17, 15) is 0 Å². The van der Waals surface area contributed by atoms with E-state index in [0.29, 0.717) is 0 Å².